The molecule has 2 nitrogen and oxygen atoms in total. The van der Waals surface area contributed by atoms with E-state index in [9.17, 15) is 5.11 Å². The Morgan fingerprint density at radius 3 is 1.67 bits per heavy atom. The predicted octanol–water partition coefficient (Wildman–Crippen LogP) is 4.40. The van der Waals surface area contributed by atoms with Gasteiger partial charge < -0.3 is 10.8 Å². The minimum Gasteiger partial charge on any atom is -0.394 e. The summed E-state index contributed by atoms with van der Waals surface area (Å²) in [7, 11) is 0. The van der Waals surface area contributed by atoms with Crippen molar-refractivity contribution in [3.05, 3.63) is 0 Å². The molecule has 1 atom stereocenters. The average molecular weight is 257 g/mol. The SMILES string of the molecule is CCCCCCCCCCC(N)(CO)CCCC. The van der Waals surface area contributed by atoms with Crippen LogP contribution < -0.4 is 5.73 Å². The minimum atomic E-state index is -0.307. The summed E-state index contributed by atoms with van der Waals surface area (Å²) in [5, 5.41) is 9.39. The third-order valence-electron chi connectivity index (χ3n) is 3.87. The van der Waals surface area contributed by atoms with Gasteiger partial charge in [0.05, 0.1) is 6.61 Å². The van der Waals surface area contributed by atoms with E-state index in [1.807, 2.05) is 0 Å². The highest BCUT2D eigenvalue weighted by atomic mass is 16.3. The largest absolute Gasteiger partial charge is 0.394 e. The number of hydrogen-bond acceptors (Lipinski definition) is 2. The van der Waals surface area contributed by atoms with Gasteiger partial charge in [-0.05, 0) is 12.8 Å². The Balaban J connectivity index is 3.44. The smallest absolute Gasteiger partial charge is 0.0611 e. The third-order valence-corrected chi connectivity index (χ3v) is 3.87. The minimum absolute atomic E-state index is 0.142. The second-order valence-electron chi connectivity index (χ2n) is 5.85. The van der Waals surface area contributed by atoms with Gasteiger partial charge in [0.2, 0.25) is 0 Å². The summed E-state index contributed by atoms with van der Waals surface area (Å²) in [6.45, 7) is 4.57. The number of rotatable bonds is 13. The Kier molecular flexibility index (Phi) is 11.9. The molecule has 0 rings (SSSR count). The molecule has 0 saturated heterocycles. The molecular formula is C16H35NO. The highest BCUT2D eigenvalue weighted by Crippen LogP contribution is 2.19. The fraction of sp³-hybridized carbons (Fsp3) is 1.00. The lowest BCUT2D eigenvalue weighted by molar-refractivity contribution is 0.172. The molecule has 1 unspecified atom stereocenters. The first-order chi connectivity index (χ1) is 8.68. The molecule has 0 fully saturated rings. The van der Waals surface area contributed by atoms with Crippen LogP contribution in [0.25, 0.3) is 0 Å². The van der Waals surface area contributed by atoms with Gasteiger partial charge in [-0.2, -0.15) is 0 Å². The molecule has 0 aromatic rings. The van der Waals surface area contributed by atoms with E-state index >= 15 is 0 Å². The molecule has 0 bridgehead atoms. The van der Waals surface area contributed by atoms with Crippen molar-refractivity contribution >= 4 is 0 Å². The molecule has 18 heavy (non-hydrogen) atoms. The highest BCUT2D eigenvalue weighted by Gasteiger charge is 2.22. The van der Waals surface area contributed by atoms with E-state index in [1.54, 1.807) is 0 Å². The van der Waals surface area contributed by atoms with Crippen LogP contribution in [0.5, 0.6) is 0 Å². The fourth-order valence-electron chi connectivity index (χ4n) is 2.42. The van der Waals surface area contributed by atoms with E-state index in [-0.39, 0.29) is 12.1 Å². The van der Waals surface area contributed by atoms with Crippen LogP contribution in [0.1, 0.15) is 90.9 Å². The fourth-order valence-corrected chi connectivity index (χ4v) is 2.42. The van der Waals surface area contributed by atoms with Crippen LogP contribution in [0.15, 0.2) is 0 Å². The van der Waals surface area contributed by atoms with Crippen LogP contribution in [-0.2, 0) is 0 Å². The Bertz CT molecular complexity index is 172. The Hall–Kier alpha value is -0.0800. The van der Waals surface area contributed by atoms with E-state index < -0.39 is 0 Å². The van der Waals surface area contributed by atoms with Crippen molar-refractivity contribution in [1.29, 1.82) is 0 Å². The maximum atomic E-state index is 9.39. The van der Waals surface area contributed by atoms with Crippen LogP contribution >= 0.6 is 0 Å². The van der Waals surface area contributed by atoms with Gasteiger partial charge in [-0.15, -0.1) is 0 Å². The molecule has 0 aliphatic heterocycles. The predicted molar refractivity (Wildman–Crippen MR) is 80.8 cm³/mol. The lowest BCUT2D eigenvalue weighted by Gasteiger charge is -2.27. The summed E-state index contributed by atoms with van der Waals surface area (Å²) in [5.41, 5.74) is 5.91. The molecule has 0 aliphatic rings. The van der Waals surface area contributed by atoms with Crippen molar-refractivity contribution in [3.8, 4) is 0 Å². The molecule has 0 spiro atoms. The Morgan fingerprint density at radius 1 is 0.722 bits per heavy atom. The molecule has 0 aromatic carbocycles. The molecule has 0 saturated carbocycles. The highest BCUT2D eigenvalue weighted by molar-refractivity contribution is 4.82. The van der Waals surface area contributed by atoms with Crippen molar-refractivity contribution in [1.82, 2.24) is 0 Å². The monoisotopic (exact) mass is 257 g/mol. The van der Waals surface area contributed by atoms with Gasteiger partial charge in [0, 0.05) is 5.54 Å². The van der Waals surface area contributed by atoms with E-state index in [2.05, 4.69) is 13.8 Å². The lowest BCUT2D eigenvalue weighted by Crippen LogP contribution is -2.43. The van der Waals surface area contributed by atoms with Crippen molar-refractivity contribution in [2.75, 3.05) is 6.61 Å². The first-order valence-corrected chi connectivity index (χ1v) is 8.08. The Labute approximate surface area is 114 Å². The van der Waals surface area contributed by atoms with E-state index in [4.69, 9.17) is 5.73 Å². The van der Waals surface area contributed by atoms with Crippen molar-refractivity contribution < 1.29 is 5.11 Å². The second-order valence-corrected chi connectivity index (χ2v) is 5.85. The van der Waals surface area contributed by atoms with E-state index in [1.165, 1.54) is 51.4 Å². The molecule has 0 radical (unpaired) electrons. The summed E-state index contributed by atoms with van der Waals surface area (Å²) >= 11 is 0. The zero-order valence-electron chi connectivity index (χ0n) is 12.7. The van der Waals surface area contributed by atoms with Crippen molar-refractivity contribution in [2.45, 2.75) is 96.4 Å². The second kappa shape index (κ2) is 12.0. The number of hydrogen-bond donors (Lipinski definition) is 2. The van der Waals surface area contributed by atoms with Gasteiger partial charge in [-0.1, -0.05) is 78.1 Å². The molecule has 2 heteroatoms. The number of nitrogens with two attached hydrogens (primary N) is 1. The zero-order chi connectivity index (χ0) is 13.7. The molecule has 110 valence electrons. The van der Waals surface area contributed by atoms with Gasteiger partial charge in [-0.3, -0.25) is 0 Å². The van der Waals surface area contributed by atoms with Crippen LogP contribution in [0.2, 0.25) is 0 Å². The van der Waals surface area contributed by atoms with E-state index in [0.29, 0.717) is 0 Å². The third kappa shape index (κ3) is 9.90. The van der Waals surface area contributed by atoms with Crippen LogP contribution in [-0.4, -0.2) is 17.3 Å². The molecule has 0 aliphatic carbocycles. The quantitative estimate of drug-likeness (QED) is 0.480. The summed E-state index contributed by atoms with van der Waals surface area (Å²) in [5.74, 6) is 0. The molecule has 3 N–H and O–H groups in total. The van der Waals surface area contributed by atoms with Gasteiger partial charge >= 0.3 is 0 Å². The number of aliphatic hydroxyl groups excluding tert-OH is 1. The average Bonchev–Trinajstić information content (AvgIpc) is 2.39. The molecule has 0 aromatic heterocycles. The van der Waals surface area contributed by atoms with Gasteiger partial charge in [0.1, 0.15) is 0 Å². The molecular weight excluding hydrogens is 222 g/mol. The maximum Gasteiger partial charge on any atom is 0.0611 e. The van der Waals surface area contributed by atoms with Gasteiger partial charge in [0.15, 0.2) is 0 Å². The number of unbranched alkanes of at least 4 members (excludes halogenated alkanes) is 8. The van der Waals surface area contributed by atoms with Crippen LogP contribution in [0.3, 0.4) is 0 Å². The summed E-state index contributed by atoms with van der Waals surface area (Å²) in [4.78, 5) is 0. The number of aliphatic hydroxyl groups is 1. The van der Waals surface area contributed by atoms with Crippen LogP contribution in [0, 0.1) is 0 Å². The van der Waals surface area contributed by atoms with Crippen LogP contribution in [0.4, 0.5) is 0 Å². The van der Waals surface area contributed by atoms with Gasteiger partial charge in [0.25, 0.3) is 0 Å². The molecule has 0 heterocycles. The first-order valence-electron chi connectivity index (χ1n) is 8.08. The van der Waals surface area contributed by atoms with E-state index in [0.717, 1.165) is 25.7 Å². The first kappa shape index (κ1) is 17.9. The summed E-state index contributed by atoms with van der Waals surface area (Å²) in [6, 6.07) is 0. The maximum absolute atomic E-state index is 9.39. The van der Waals surface area contributed by atoms with Crippen molar-refractivity contribution in [3.63, 3.8) is 0 Å². The Morgan fingerprint density at radius 2 is 1.17 bits per heavy atom. The summed E-state index contributed by atoms with van der Waals surface area (Å²) < 4.78 is 0. The van der Waals surface area contributed by atoms with Gasteiger partial charge in [-0.25, -0.2) is 0 Å². The summed E-state index contributed by atoms with van der Waals surface area (Å²) in [6.07, 6.45) is 14.9. The topological polar surface area (TPSA) is 46.2 Å². The van der Waals surface area contributed by atoms with Crippen molar-refractivity contribution in [2.24, 2.45) is 5.73 Å². The lowest BCUT2D eigenvalue weighted by atomic mass is 9.88. The standard InChI is InChI=1S/C16H35NO/c1-3-5-7-8-9-10-11-12-14-16(17,15-18)13-6-4-2/h18H,3-15,17H2,1-2H3. The zero-order valence-corrected chi connectivity index (χ0v) is 12.7. The molecule has 0 amide bonds. The normalized spacial score (nSPS) is 14.7.